The summed E-state index contributed by atoms with van der Waals surface area (Å²) < 4.78 is 17.5. The fraction of sp³-hybridized carbons (Fsp3) is 0.0500. The van der Waals surface area contributed by atoms with Crippen molar-refractivity contribution in [2.24, 2.45) is 5.73 Å². The van der Waals surface area contributed by atoms with Crippen molar-refractivity contribution in [1.29, 1.82) is 0 Å². The number of amides is 1. The molecule has 1 aromatic heterocycles. The molecule has 123 valence electrons. The van der Waals surface area contributed by atoms with Gasteiger partial charge >= 0.3 is 0 Å². The van der Waals surface area contributed by atoms with E-state index in [1.165, 1.54) is 12.1 Å². The number of hydrogen-bond acceptors (Lipinski definition) is 1. The fourth-order valence-corrected chi connectivity index (χ4v) is 3.70. The van der Waals surface area contributed by atoms with E-state index in [1.54, 1.807) is 12.1 Å². The lowest BCUT2D eigenvalue weighted by Gasteiger charge is -2.09. The SMILES string of the molecule is NC(=O)c1cccc2c1c1[c]ccc(F)c1n2Cc1cccc(Br)c1. The number of carbonyl (C=O) groups excluding carboxylic acids is 1. The summed E-state index contributed by atoms with van der Waals surface area (Å²) in [7, 11) is 0. The highest BCUT2D eigenvalue weighted by atomic mass is 79.9. The molecule has 25 heavy (non-hydrogen) atoms. The molecule has 0 atom stereocenters. The van der Waals surface area contributed by atoms with Crippen LogP contribution in [0.25, 0.3) is 21.8 Å². The predicted octanol–water partition coefficient (Wildman–Crippen LogP) is 4.64. The van der Waals surface area contributed by atoms with E-state index in [0.29, 0.717) is 28.4 Å². The molecule has 2 N–H and O–H groups in total. The summed E-state index contributed by atoms with van der Waals surface area (Å²) in [6.45, 7) is 0.469. The van der Waals surface area contributed by atoms with Crippen LogP contribution in [0.3, 0.4) is 0 Å². The van der Waals surface area contributed by atoms with Gasteiger partial charge in [0.1, 0.15) is 5.82 Å². The monoisotopic (exact) mass is 395 g/mol. The fourth-order valence-electron chi connectivity index (χ4n) is 3.26. The van der Waals surface area contributed by atoms with Gasteiger partial charge in [0.2, 0.25) is 5.91 Å². The molecule has 0 aliphatic rings. The maximum Gasteiger partial charge on any atom is 0.249 e. The minimum absolute atomic E-state index is 0.352. The number of aromatic nitrogens is 1. The van der Waals surface area contributed by atoms with E-state index < -0.39 is 5.91 Å². The zero-order valence-electron chi connectivity index (χ0n) is 13.1. The number of nitrogens with zero attached hydrogens (tertiary/aromatic N) is 1. The van der Waals surface area contributed by atoms with Gasteiger partial charge in [0, 0.05) is 27.4 Å². The van der Waals surface area contributed by atoms with Gasteiger partial charge in [-0.1, -0.05) is 40.2 Å². The second-order valence-electron chi connectivity index (χ2n) is 5.83. The van der Waals surface area contributed by atoms with Gasteiger partial charge < -0.3 is 10.3 Å². The summed E-state index contributed by atoms with van der Waals surface area (Å²) in [6.07, 6.45) is 0. The molecule has 1 radical (unpaired) electrons. The van der Waals surface area contributed by atoms with Crippen LogP contribution in [0.5, 0.6) is 0 Å². The Hall–Kier alpha value is -2.66. The molecule has 4 rings (SSSR count). The van der Waals surface area contributed by atoms with Crippen LogP contribution in [0.1, 0.15) is 15.9 Å². The molecule has 1 heterocycles. The summed E-state index contributed by atoms with van der Waals surface area (Å²) >= 11 is 3.46. The van der Waals surface area contributed by atoms with Gasteiger partial charge in [0.05, 0.1) is 11.0 Å². The molecule has 1 amide bonds. The Morgan fingerprint density at radius 3 is 2.76 bits per heavy atom. The Balaban J connectivity index is 2.08. The van der Waals surface area contributed by atoms with Gasteiger partial charge in [-0.05, 0) is 42.0 Å². The highest BCUT2D eigenvalue weighted by Crippen LogP contribution is 2.33. The summed E-state index contributed by atoms with van der Waals surface area (Å²) in [5.41, 5.74) is 8.10. The molecule has 3 aromatic carbocycles. The van der Waals surface area contributed by atoms with Gasteiger partial charge in [-0.15, -0.1) is 0 Å². The molecule has 4 aromatic rings. The van der Waals surface area contributed by atoms with Crippen LogP contribution >= 0.6 is 15.9 Å². The standard InChI is InChI=1S/C20H13BrFN2O/c21-13-5-1-4-12(10-13)11-24-17-9-3-7-15(20(23)25)18(17)14-6-2-8-16(22)19(14)24/h1-5,7-10H,11H2,(H2,23,25). The molecule has 0 bridgehead atoms. The smallest absolute Gasteiger partial charge is 0.249 e. The number of nitrogens with two attached hydrogens (primary N) is 1. The molecule has 0 unspecified atom stereocenters. The summed E-state index contributed by atoms with van der Waals surface area (Å²) in [5, 5.41) is 1.21. The maximum atomic E-state index is 14.6. The minimum atomic E-state index is -0.537. The number of hydrogen-bond donors (Lipinski definition) is 1. The second kappa shape index (κ2) is 6.01. The minimum Gasteiger partial charge on any atom is -0.366 e. The third kappa shape index (κ3) is 2.61. The third-order valence-corrected chi connectivity index (χ3v) is 4.76. The number of rotatable bonds is 3. The Bertz CT molecular complexity index is 1130. The van der Waals surface area contributed by atoms with Crippen LogP contribution in [0.4, 0.5) is 4.39 Å². The zero-order chi connectivity index (χ0) is 17.6. The maximum absolute atomic E-state index is 14.6. The molecule has 5 heteroatoms. The number of primary amides is 1. The topological polar surface area (TPSA) is 48.0 Å². The van der Waals surface area contributed by atoms with Gasteiger partial charge in [-0.3, -0.25) is 4.79 Å². The average Bonchev–Trinajstić information content (AvgIpc) is 2.90. The Labute approximate surface area is 152 Å². The molecule has 0 aliphatic carbocycles. The van der Waals surface area contributed by atoms with Crippen molar-refractivity contribution < 1.29 is 9.18 Å². The van der Waals surface area contributed by atoms with Crippen molar-refractivity contribution >= 4 is 43.6 Å². The average molecular weight is 396 g/mol. The molecule has 0 spiro atoms. The van der Waals surface area contributed by atoms with Crippen LogP contribution in [-0.2, 0) is 6.54 Å². The van der Waals surface area contributed by atoms with E-state index >= 15 is 0 Å². The molecule has 0 saturated heterocycles. The van der Waals surface area contributed by atoms with Gasteiger partial charge in [-0.25, -0.2) is 4.39 Å². The van der Waals surface area contributed by atoms with E-state index in [2.05, 4.69) is 22.0 Å². The van der Waals surface area contributed by atoms with Crippen molar-refractivity contribution in [1.82, 2.24) is 4.57 Å². The second-order valence-corrected chi connectivity index (χ2v) is 6.74. The Morgan fingerprint density at radius 2 is 2.00 bits per heavy atom. The van der Waals surface area contributed by atoms with Gasteiger partial charge in [-0.2, -0.15) is 0 Å². The van der Waals surface area contributed by atoms with E-state index in [0.717, 1.165) is 15.6 Å². The summed E-state index contributed by atoms with van der Waals surface area (Å²) in [5.74, 6) is -0.889. The van der Waals surface area contributed by atoms with E-state index in [9.17, 15) is 9.18 Å². The van der Waals surface area contributed by atoms with E-state index in [4.69, 9.17) is 5.73 Å². The van der Waals surface area contributed by atoms with Crippen LogP contribution in [0, 0.1) is 11.9 Å². The summed E-state index contributed by atoms with van der Waals surface area (Å²) in [4.78, 5) is 11.9. The van der Waals surface area contributed by atoms with Crippen molar-refractivity contribution in [3.05, 3.63) is 82.1 Å². The first-order chi connectivity index (χ1) is 12.1. The van der Waals surface area contributed by atoms with Crippen molar-refractivity contribution in [2.75, 3.05) is 0 Å². The van der Waals surface area contributed by atoms with Crippen LogP contribution in [0.15, 0.2) is 59.1 Å². The molecular formula is C20H13BrFN2O. The molecule has 3 nitrogen and oxygen atoms in total. The number of benzene rings is 3. The lowest BCUT2D eigenvalue weighted by molar-refractivity contribution is 0.100. The first-order valence-electron chi connectivity index (χ1n) is 7.71. The van der Waals surface area contributed by atoms with Gasteiger partial charge in [0.25, 0.3) is 0 Å². The first kappa shape index (κ1) is 15.8. The number of fused-ring (bicyclic) bond motifs is 3. The number of halogens is 2. The third-order valence-electron chi connectivity index (χ3n) is 4.27. The molecule has 0 aliphatic heterocycles. The van der Waals surface area contributed by atoms with Crippen molar-refractivity contribution in [3.63, 3.8) is 0 Å². The lowest BCUT2D eigenvalue weighted by atomic mass is 10.1. The Kier molecular flexibility index (Phi) is 3.81. The normalized spacial score (nSPS) is 11.3. The molecule has 0 fully saturated rings. The van der Waals surface area contributed by atoms with Crippen LogP contribution in [0.2, 0.25) is 0 Å². The first-order valence-corrected chi connectivity index (χ1v) is 8.51. The van der Waals surface area contributed by atoms with Gasteiger partial charge in [0.15, 0.2) is 0 Å². The van der Waals surface area contributed by atoms with E-state index in [1.807, 2.05) is 34.9 Å². The summed E-state index contributed by atoms with van der Waals surface area (Å²) in [6, 6.07) is 19.1. The zero-order valence-corrected chi connectivity index (χ0v) is 14.7. The largest absolute Gasteiger partial charge is 0.366 e. The van der Waals surface area contributed by atoms with Crippen molar-refractivity contribution in [2.45, 2.75) is 6.54 Å². The quantitative estimate of drug-likeness (QED) is 0.539. The Morgan fingerprint density at radius 1 is 1.20 bits per heavy atom. The predicted molar refractivity (Wildman–Crippen MR) is 100.0 cm³/mol. The molecular weight excluding hydrogens is 383 g/mol. The molecule has 0 saturated carbocycles. The highest BCUT2D eigenvalue weighted by molar-refractivity contribution is 9.10. The number of carbonyl (C=O) groups is 1. The van der Waals surface area contributed by atoms with Crippen molar-refractivity contribution in [3.8, 4) is 0 Å². The highest BCUT2D eigenvalue weighted by Gasteiger charge is 2.18. The van der Waals surface area contributed by atoms with Crippen LogP contribution in [-0.4, -0.2) is 10.5 Å². The lowest BCUT2D eigenvalue weighted by Crippen LogP contribution is -2.11. The van der Waals surface area contributed by atoms with Crippen LogP contribution < -0.4 is 5.73 Å². The van der Waals surface area contributed by atoms with E-state index in [-0.39, 0.29) is 5.82 Å².